The molecule has 23 heavy (non-hydrogen) atoms. The molecule has 3 rings (SSSR count). The maximum absolute atomic E-state index is 12.3. The first-order chi connectivity index (χ1) is 11.1. The molecule has 1 aromatic rings. The van der Waals surface area contributed by atoms with Gasteiger partial charge in [0, 0.05) is 31.0 Å². The quantitative estimate of drug-likeness (QED) is 0.853. The Morgan fingerprint density at radius 3 is 2.65 bits per heavy atom. The molecule has 128 valence electrons. The number of likely N-dealkylation sites (tertiary alicyclic amines) is 1. The van der Waals surface area contributed by atoms with E-state index in [1.54, 1.807) is 10.9 Å². The first-order valence-electron chi connectivity index (χ1n) is 9.00. The van der Waals surface area contributed by atoms with Gasteiger partial charge in [0.25, 0.3) is 5.56 Å². The zero-order valence-corrected chi connectivity index (χ0v) is 14.5. The van der Waals surface area contributed by atoms with Crippen LogP contribution in [0, 0.1) is 19.8 Å². The van der Waals surface area contributed by atoms with Gasteiger partial charge in [-0.2, -0.15) is 0 Å². The van der Waals surface area contributed by atoms with Crippen LogP contribution in [0.4, 0.5) is 0 Å². The highest BCUT2D eigenvalue weighted by Gasteiger charge is 2.23. The van der Waals surface area contributed by atoms with Crippen LogP contribution in [0.25, 0.3) is 0 Å². The Labute approximate surface area is 138 Å². The maximum atomic E-state index is 12.3. The maximum Gasteiger partial charge on any atom is 0.256 e. The molecule has 0 radical (unpaired) electrons. The zero-order valence-electron chi connectivity index (χ0n) is 14.5. The summed E-state index contributed by atoms with van der Waals surface area (Å²) in [6.07, 6.45) is 8.21. The third-order valence-corrected chi connectivity index (χ3v) is 5.41. The lowest BCUT2D eigenvalue weighted by molar-refractivity contribution is -0.0117. The van der Waals surface area contributed by atoms with Crippen molar-refractivity contribution in [3.8, 4) is 0 Å². The SMILES string of the molecule is Cc1ncn(CC2CCN(CC3CCCCO3)CC2)c(=O)c1C. The Kier molecular flexibility index (Phi) is 5.49. The van der Waals surface area contributed by atoms with Gasteiger partial charge in [0.15, 0.2) is 0 Å². The van der Waals surface area contributed by atoms with E-state index in [0.29, 0.717) is 12.0 Å². The van der Waals surface area contributed by atoms with E-state index in [4.69, 9.17) is 4.74 Å². The van der Waals surface area contributed by atoms with Gasteiger partial charge in [-0.1, -0.05) is 0 Å². The van der Waals surface area contributed by atoms with Crippen molar-refractivity contribution in [3.05, 3.63) is 27.9 Å². The van der Waals surface area contributed by atoms with E-state index in [0.717, 1.165) is 56.9 Å². The average molecular weight is 319 g/mol. The van der Waals surface area contributed by atoms with Crippen molar-refractivity contribution in [1.29, 1.82) is 0 Å². The van der Waals surface area contributed by atoms with Crippen LogP contribution < -0.4 is 5.56 Å². The number of nitrogens with zero attached hydrogens (tertiary/aromatic N) is 3. The number of rotatable bonds is 4. The minimum atomic E-state index is 0.121. The Bertz CT molecular complexity index is 570. The second kappa shape index (κ2) is 7.58. The lowest BCUT2D eigenvalue weighted by Gasteiger charge is -2.35. The van der Waals surface area contributed by atoms with E-state index in [2.05, 4.69) is 9.88 Å². The predicted octanol–water partition coefficient (Wildman–Crippen LogP) is 2.14. The van der Waals surface area contributed by atoms with Crippen molar-refractivity contribution in [2.24, 2.45) is 5.92 Å². The van der Waals surface area contributed by atoms with E-state index in [1.807, 2.05) is 13.8 Å². The summed E-state index contributed by atoms with van der Waals surface area (Å²) in [6.45, 7) is 8.83. The van der Waals surface area contributed by atoms with Crippen molar-refractivity contribution in [2.45, 2.75) is 58.6 Å². The molecule has 2 aliphatic heterocycles. The molecule has 1 unspecified atom stereocenters. The summed E-state index contributed by atoms with van der Waals surface area (Å²) < 4.78 is 7.65. The third-order valence-electron chi connectivity index (χ3n) is 5.41. The highest BCUT2D eigenvalue weighted by molar-refractivity contribution is 5.12. The highest BCUT2D eigenvalue weighted by Crippen LogP contribution is 2.21. The van der Waals surface area contributed by atoms with Gasteiger partial charge in [-0.05, 0) is 65.0 Å². The Morgan fingerprint density at radius 1 is 1.17 bits per heavy atom. The number of aromatic nitrogens is 2. The number of piperidine rings is 1. The van der Waals surface area contributed by atoms with E-state index < -0.39 is 0 Å². The van der Waals surface area contributed by atoms with Gasteiger partial charge >= 0.3 is 0 Å². The molecule has 0 spiro atoms. The van der Waals surface area contributed by atoms with Crippen molar-refractivity contribution in [2.75, 3.05) is 26.2 Å². The lowest BCUT2D eigenvalue weighted by atomic mass is 9.96. The fourth-order valence-corrected chi connectivity index (χ4v) is 3.67. The van der Waals surface area contributed by atoms with Gasteiger partial charge in [0.1, 0.15) is 0 Å². The van der Waals surface area contributed by atoms with Crippen LogP contribution in [0.2, 0.25) is 0 Å². The molecule has 1 aromatic heterocycles. The largest absolute Gasteiger partial charge is 0.377 e. The molecule has 5 heteroatoms. The summed E-state index contributed by atoms with van der Waals surface area (Å²) in [7, 11) is 0. The molecule has 0 saturated carbocycles. The summed E-state index contributed by atoms with van der Waals surface area (Å²) in [6, 6.07) is 0. The molecule has 5 nitrogen and oxygen atoms in total. The summed E-state index contributed by atoms with van der Waals surface area (Å²) >= 11 is 0. The average Bonchev–Trinajstić information content (AvgIpc) is 2.58. The third kappa shape index (κ3) is 4.21. The molecular formula is C18H29N3O2. The van der Waals surface area contributed by atoms with Crippen LogP contribution in [0.3, 0.4) is 0 Å². The molecule has 2 aliphatic rings. The van der Waals surface area contributed by atoms with Crippen LogP contribution in [0.5, 0.6) is 0 Å². The van der Waals surface area contributed by atoms with Gasteiger partial charge in [-0.15, -0.1) is 0 Å². The first-order valence-corrected chi connectivity index (χ1v) is 9.00. The molecule has 0 N–H and O–H groups in total. The van der Waals surface area contributed by atoms with Crippen LogP contribution in [0.1, 0.15) is 43.4 Å². The van der Waals surface area contributed by atoms with Gasteiger partial charge in [0.05, 0.1) is 12.4 Å². The molecule has 0 bridgehead atoms. The Morgan fingerprint density at radius 2 is 1.96 bits per heavy atom. The lowest BCUT2D eigenvalue weighted by Crippen LogP contribution is -2.41. The molecule has 3 heterocycles. The fourth-order valence-electron chi connectivity index (χ4n) is 3.67. The van der Waals surface area contributed by atoms with E-state index >= 15 is 0 Å². The van der Waals surface area contributed by atoms with Gasteiger partial charge in [-0.25, -0.2) is 4.98 Å². The number of hydrogen-bond acceptors (Lipinski definition) is 4. The molecular weight excluding hydrogens is 290 g/mol. The molecule has 2 saturated heterocycles. The van der Waals surface area contributed by atoms with Crippen LogP contribution in [-0.2, 0) is 11.3 Å². The van der Waals surface area contributed by atoms with Crippen LogP contribution >= 0.6 is 0 Å². The molecule has 2 fully saturated rings. The second-order valence-electron chi connectivity index (χ2n) is 7.15. The minimum Gasteiger partial charge on any atom is -0.377 e. The van der Waals surface area contributed by atoms with Crippen molar-refractivity contribution >= 4 is 0 Å². The van der Waals surface area contributed by atoms with Crippen molar-refractivity contribution in [3.63, 3.8) is 0 Å². The van der Waals surface area contributed by atoms with Crippen LogP contribution in [0.15, 0.2) is 11.1 Å². The van der Waals surface area contributed by atoms with Gasteiger partial charge < -0.3 is 9.64 Å². The fraction of sp³-hybridized carbons (Fsp3) is 0.778. The summed E-state index contributed by atoms with van der Waals surface area (Å²) in [5.41, 5.74) is 1.74. The van der Waals surface area contributed by atoms with Gasteiger partial charge in [-0.3, -0.25) is 9.36 Å². The smallest absolute Gasteiger partial charge is 0.256 e. The normalized spacial score (nSPS) is 24.0. The van der Waals surface area contributed by atoms with Crippen LogP contribution in [-0.4, -0.2) is 46.8 Å². The highest BCUT2D eigenvalue weighted by atomic mass is 16.5. The van der Waals surface area contributed by atoms with E-state index in [9.17, 15) is 4.79 Å². The molecule has 0 aromatic carbocycles. The van der Waals surface area contributed by atoms with Crippen molar-refractivity contribution < 1.29 is 4.74 Å². The predicted molar refractivity (Wildman–Crippen MR) is 90.7 cm³/mol. The Balaban J connectivity index is 1.49. The summed E-state index contributed by atoms with van der Waals surface area (Å²) in [5, 5.41) is 0. The summed E-state index contributed by atoms with van der Waals surface area (Å²) in [5.74, 6) is 0.583. The van der Waals surface area contributed by atoms with Gasteiger partial charge in [0.2, 0.25) is 0 Å². The van der Waals surface area contributed by atoms with E-state index in [-0.39, 0.29) is 5.56 Å². The number of ether oxygens (including phenoxy) is 1. The molecule has 0 aliphatic carbocycles. The minimum absolute atomic E-state index is 0.121. The first kappa shape index (κ1) is 16.7. The van der Waals surface area contributed by atoms with Crippen molar-refractivity contribution in [1.82, 2.24) is 14.5 Å². The number of hydrogen-bond donors (Lipinski definition) is 0. The Hall–Kier alpha value is -1.20. The zero-order chi connectivity index (χ0) is 16.2. The van der Waals surface area contributed by atoms with E-state index in [1.165, 1.54) is 19.3 Å². The monoisotopic (exact) mass is 319 g/mol. The topological polar surface area (TPSA) is 47.4 Å². The second-order valence-corrected chi connectivity index (χ2v) is 7.15. The number of aryl methyl sites for hydroxylation is 1. The molecule has 0 amide bonds. The standard InChI is InChI=1S/C18H29N3O2/c1-14-15(2)19-13-21(18(14)22)11-16-6-8-20(9-7-16)12-17-5-3-4-10-23-17/h13,16-17H,3-12H2,1-2H3. The molecule has 1 atom stereocenters. The summed E-state index contributed by atoms with van der Waals surface area (Å²) in [4.78, 5) is 19.2.